The monoisotopic (exact) mass is 285 g/mol. The zero-order chi connectivity index (χ0) is 14.7. The van der Waals surface area contributed by atoms with Gasteiger partial charge in [0, 0.05) is 31.5 Å². The lowest BCUT2D eigenvalue weighted by Gasteiger charge is -2.21. The third kappa shape index (κ3) is 3.32. The molecule has 1 atom stereocenters. The summed E-state index contributed by atoms with van der Waals surface area (Å²) >= 11 is 0. The first-order chi connectivity index (χ1) is 10.2. The summed E-state index contributed by atoms with van der Waals surface area (Å²) in [6.45, 7) is 1.90. The number of fused-ring (bicyclic) bond motifs is 1. The number of ether oxygens (including phenoxy) is 2. The molecule has 5 nitrogen and oxygen atoms in total. The average Bonchev–Trinajstić information content (AvgIpc) is 2.95. The van der Waals surface area contributed by atoms with Crippen molar-refractivity contribution in [3.63, 3.8) is 0 Å². The fourth-order valence-corrected chi connectivity index (χ4v) is 2.45. The molecule has 110 valence electrons. The van der Waals surface area contributed by atoms with E-state index in [0.717, 1.165) is 30.2 Å². The van der Waals surface area contributed by atoms with E-state index in [2.05, 4.69) is 16.9 Å². The SMILES string of the molecule is CN(Cc1ccncc1)CC(N)c1ccc2c(c1)OCO2. The van der Waals surface area contributed by atoms with E-state index in [0.29, 0.717) is 0 Å². The molecule has 0 spiro atoms. The summed E-state index contributed by atoms with van der Waals surface area (Å²) in [5, 5.41) is 0. The lowest BCUT2D eigenvalue weighted by molar-refractivity contribution is 0.174. The highest BCUT2D eigenvalue weighted by Crippen LogP contribution is 2.33. The summed E-state index contributed by atoms with van der Waals surface area (Å²) in [4.78, 5) is 6.22. The first-order valence-corrected chi connectivity index (χ1v) is 6.95. The maximum Gasteiger partial charge on any atom is 0.231 e. The van der Waals surface area contributed by atoms with Crippen molar-refractivity contribution in [2.24, 2.45) is 5.73 Å². The third-order valence-corrected chi connectivity index (χ3v) is 3.53. The smallest absolute Gasteiger partial charge is 0.231 e. The van der Waals surface area contributed by atoms with Gasteiger partial charge in [-0.2, -0.15) is 0 Å². The van der Waals surface area contributed by atoms with Crippen molar-refractivity contribution in [2.75, 3.05) is 20.4 Å². The van der Waals surface area contributed by atoms with Gasteiger partial charge in [-0.05, 0) is 42.4 Å². The van der Waals surface area contributed by atoms with Gasteiger partial charge in [-0.1, -0.05) is 6.07 Å². The van der Waals surface area contributed by atoms with Crippen molar-refractivity contribution in [2.45, 2.75) is 12.6 Å². The fourth-order valence-electron chi connectivity index (χ4n) is 2.45. The molecule has 1 aliphatic heterocycles. The van der Waals surface area contributed by atoms with Gasteiger partial charge >= 0.3 is 0 Å². The van der Waals surface area contributed by atoms with Crippen LogP contribution in [0.1, 0.15) is 17.2 Å². The maximum atomic E-state index is 6.29. The van der Waals surface area contributed by atoms with Crippen LogP contribution in [0.2, 0.25) is 0 Å². The van der Waals surface area contributed by atoms with Crippen molar-refractivity contribution < 1.29 is 9.47 Å². The summed E-state index contributed by atoms with van der Waals surface area (Å²) < 4.78 is 10.7. The first kappa shape index (κ1) is 13.9. The number of pyridine rings is 1. The summed E-state index contributed by atoms with van der Waals surface area (Å²) in [7, 11) is 2.06. The van der Waals surface area contributed by atoms with Crippen LogP contribution in [0.5, 0.6) is 11.5 Å². The second-order valence-corrected chi connectivity index (χ2v) is 5.27. The number of nitrogens with two attached hydrogens (primary N) is 1. The van der Waals surface area contributed by atoms with Gasteiger partial charge in [-0.15, -0.1) is 0 Å². The molecule has 0 radical (unpaired) electrons. The minimum absolute atomic E-state index is 0.0636. The van der Waals surface area contributed by atoms with E-state index < -0.39 is 0 Å². The highest BCUT2D eigenvalue weighted by atomic mass is 16.7. The summed E-state index contributed by atoms with van der Waals surface area (Å²) in [5.74, 6) is 1.57. The Bertz CT molecular complexity index is 604. The quantitative estimate of drug-likeness (QED) is 0.909. The Morgan fingerprint density at radius 1 is 1.19 bits per heavy atom. The Balaban J connectivity index is 1.62. The second kappa shape index (κ2) is 6.11. The molecule has 1 unspecified atom stereocenters. The van der Waals surface area contributed by atoms with Gasteiger partial charge in [-0.3, -0.25) is 4.98 Å². The molecule has 2 aromatic rings. The number of hydrogen-bond acceptors (Lipinski definition) is 5. The van der Waals surface area contributed by atoms with Crippen LogP contribution in [0.4, 0.5) is 0 Å². The van der Waals surface area contributed by atoms with Crippen LogP contribution in [-0.2, 0) is 6.54 Å². The fraction of sp³-hybridized carbons (Fsp3) is 0.312. The van der Waals surface area contributed by atoms with Gasteiger partial charge in [0.05, 0.1) is 0 Å². The zero-order valence-corrected chi connectivity index (χ0v) is 12.0. The van der Waals surface area contributed by atoms with Gasteiger partial charge in [0.2, 0.25) is 6.79 Å². The Labute approximate surface area is 124 Å². The van der Waals surface area contributed by atoms with Crippen molar-refractivity contribution >= 4 is 0 Å². The van der Waals surface area contributed by atoms with Gasteiger partial charge in [0.25, 0.3) is 0 Å². The van der Waals surface area contributed by atoms with Crippen molar-refractivity contribution in [1.29, 1.82) is 0 Å². The number of aromatic nitrogens is 1. The van der Waals surface area contributed by atoms with Crippen LogP contribution in [0.15, 0.2) is 42.7 Å². The van der Waals surface area contributed by atoms with Crippen LogP contribution < -0.4 is 15.2 Å². The van der Waals surface area contributed by atoms with Crippen LogP contribution >= 0.6 is 0 Å². The van der Waals surface area contributed by atoms with Gasteiger partial charge in [0.1, 0.15) is 0 Å². The molecular formula is C16H19N3O2. The minimum Gasteiger partial charge on any atom is -0.454 e. The summed E-state index contributed by atoms with van der Waals surface area (Å²) in [5.41, 5.74) is 8.58. The Hall–Kier alpha value is -2.11. The number of nitrogens with zero attached hydrogens (tertiary/aromatic N) is 2. The van der Waals surface area contributed by atoms with Gasteiger partial charge in [0.15, 0.2) is 11.5 Å². The van der Waals surface area contributed by atoms with E-state index in [1.54, 1.807) is 12.4 Å². The van der Waals surface area contributed by atoms with Crippen LogP contribution in [-0.4, -0.2) is 30.3 Å². The largest absolute Gasteiger partial charge is 0.454 e. The molecule has 1 aliphatic rings. The third-order valence-electron chi connectivity index (χ3n) is 3.53. The van der Waals surface area contributed by atoms with Gasteiger partial charge < -0.3 is 20.1 Å². The summed E-state index contributed by atoms with van der Waals surface area (Å²) in [6, 6.07) is 9.85. The second-order valence-electron chi connectivity index (χ2n) is 5.27. The standard InChI is InChI=1S/C16H19N3O2/c1-19(9-12-4-6-18-7-5-12)10-14(17)13-2-3-15-16(8-13)21-11-20-15/h2-8,14H,9-11,17H2,1H3. The Morgan fingerprint density at radius 2 is 1.95 bits per heavy atom. The molecule has 0 aliphatic carbocycles. The molecule has 0 saturated carbocycles. The van der Waals surface area contributed by atoms with E-state index in [9.17, 15) is 0 Å². The maximum absolute atomic E-state index is 6.29. The predicted molar refractivity (Wildman–Crippen MR) is 80.1 cm³/mol. The molecule has 0 fully saturated rings. The average molecular weight is 285 g/mol. The number of likely N-dealkylation sites (N-methyl/N-ethyl adjacent to an activating group) is 1. The molecule has 3 rings (SSSR count). The molecule has 2 heterocycles. The van der Waals surface area contributed by atoms with E-state index in [1.165, 1.54) is 5.56 Å². The van der Waals surface area contributed by atoms with E-state index in [1.807, 2.05) is 30.3 Å². The highest BCUT2D eigenvalue weighted by Gasteiger charge is 2.16. The molecule has 5 heteroatoms. The molecule has 21 heavy (non-hydrogen) atoms. The van der Waals surface area contributed by atoms with Gasteiger partial charge in [-0.25, -0.2) is 0 Å². The van der Waals surface area contributed by atoms with Crippen LogP contribution in [0.3, 0.4) is 0 Å². The zero-order valence-electron chi connectivity index (χ0n) is 12.0. The highest BCUT2D eigenvalue weighted by molar-refractivity contribution is 5.45. The molecule has 0 amide bonds. The number of hydrogen-bond donors (Lipinski definition) is 1. The first-order valence-electron chi connectivity index (χ1n) is 6.95. The van der Waals surface area contributed by atoms with E-state index >= 15 is 0 Å². The van der Waals surface area contributed by atoms with Crippen molar-refractivity contribution in [3.8, 4) is 11.5 Å². The molecule has 2 N–H and O–H groups in total. The molecular weight excluding hydrogens is 266 g/mol. The molecule has 0 saturated heterocycles. The number of benzene rings is 1. The normalized spacial score (nSPS) is 14.4. The van der Waals surface area contributed by atoms with Crippen molar-refractivity contribution in [3.05, 3.63) is 53.9 Å². The lowest BCUT2D eigenvalue weighted by atomic mass is 10.1. The Kier molecular flexibility index (Phi) is 4.03. The van der Waals surface area contributed by atoms with E-state index in [4.69, 9.17) is 15.2 Å². The lowest BCUT2D eigenvalue weighted by Crippen LogP contribution is -2.28. The van der Waals surface area contributed by atoms with E-state index in [-0.39, 0.29) is 12.8 Å². The predicted octanol–water partition coefficient (Wildman–Crippen LogP) is 1.94. The van der Waals surface area contributed by atoms with Crippen molar-refractivity contribution in [1.82, 2.24) is 9.88 Å². The minimum atomic E-state index is -0.0636. The topological polar surface area (TPSA) is 60.6 Å². The molecule has 0 bridgehead atoms. The molecule has 1 aromatic carbocycles. The molecule has 1 aromatic heterocycles. The van der Waals surface area contributed by atoms with Crippen LogP contribution in [0.25, 0.3) is 0 Å². The number of rotatable bonds is 5. The Morgan fingerprint density at radius 3 is 2.76 bits per heavy atom. The summed E-state index contributed by atoms with van der Waals surface area (Å²) in [6.07, 6.45) is 3.61. The van der Waals surface area contributed by atoms with Crippen LogP contribution in [0, 0.1) is 0 Å².